The van der Waals surface area contributed by atoms with Gasteiger partial charge in [-0.25, -0.2) is 4.98 Å². The van der Waals surface area contributed by atoms with Gasteiger partial charge in [-0.2, -0.15) is 0 Å². The van der Waals surface area contributed by atoms with Crippen LogP contribution in [0.1, 0.15) is 11.3 Å². The van der Waals surface area contributed by atoms with Gasteiger partial charge in [-0.3, -0.25) is 14.0 Å². The van der Waals surface area contributed by atoms with E-state index in [4.69, 9.17) is 16.3 Å². The van der Waals surface area contributed by atoms with E-state index < -0.39 is 0 Å². The average Bonchev–Trinajstić information content (AvgIpc) is 2.61. The predicted molar refractivity (Wildman–Crippen MR) is 107 cm³/mol. The lowest BCUT2D eigenvalue weighted by Gasteiger charge is -2.06. The molecule has 0 aliphatic heterocycles. The lowest BCUT2D eigenvalue weighted by Crippen LogP contribution is -2.17. The quantitative estimate of drug-likeness (QED) is 0.526. The summed E-state index contributed by atoms with van der Waals surface area (Å²) in [5, 5.41) is 0.673. The highest BCUT2D eigenvalue weighted by atomic mass is 79.9. The number of carbonyl (C=O) groups excluding carboxylic acids is 1. The molecule has 0 aliphatic rings. The molecule has 0 amide bonds. The fourth-order valence-electron chi connectivity index (χ4n) is 2.28. The Morgan fingerprint density at radius 2 is 2.12 bits per heavy atom. The molecule has 0 fully saturated rings. The van der Waals surface area contributed by atoms with Gasteiger partial charge in [0.05, 0.1) is 11.4 Å². The smallest absolute Gasteiger partial charge is 0.316 e. The molecule has 0 saturated heterocycles. The van der Waals surface area contributed by atoms with E-state index in [1.54, 1.807) is 18.3 Å². The highest BCUT2D eigenvalue weighted by Gasteiger charge is 2.08. The van der Waals surface area contributed by atoms with Gasteiger partial charge < -0.3 is 4.74 Å². The van der Waals surface area contributed by atoms with Gasteiger partial charge in [-0.15, -0.1) is 11.8 Å². The third kappa shape index (κ3) is 5.09. The van der Waals surface area contributed by atoms with E-state index in [1.165, 1.54) is 22.2 Å². The molecular weight excluding hydrogens is 440 g/mol. The zero-order valence-corrected chi connectivity index (χ0v) is 16.7. The normalized spacial score (nSPS) is 10.8. The number of ether oxygens (including phenoxy) is 1. The van der Waals surface area contributed by atoms with Crippen molar-refractivity contribution in [3.63, 3.8) is 0 Å². The fraction of sp³-hybridized carbons (Fsp3) is 0.167. The third-order valence-corrected chi connectivity index (χ3v) is 5.12. The molecule has 2 heterocycles. The number of fused-ring (bicyclic) bond motifs is 1. The summed E-state index contributed by atoms with van der Waals surface area (Å²) in [7, 11) is 0. The van der Waals surface area contributed by atoms with Gasteiger partial charge in [-0.1, -0.05) is 23.7 Å². The van der Waals surface area contributed by atoms with Crippen molar-refractivity contribution in [2.24, 2.45) is 0 Å². The van der Waals surface area contributed by atoms with Crippen molar-refractivity contribution in [3.05, 3.63) is 79.8 Å². The molecule has 134 valence electrons. The number of rotatable bonds is 6. The number of thioether (sulfide) groups is 1. The maximum Gasteiger partial charge on any atom is 0.316 e. The zero-order chi connectivity index (χ0) is 18.5. The topological polar surface area (TPSA) is 60.7 Å². The van der Waals surface area contributed by atoms with Crippen molar-refractivity contribution in [1.29, 1.82) is 0 Å². The lowest BCUT2D eigenvalue weighted by atomic mass is 10.2. The maximum absolute atomic E-state index is 12.1. The molecule has 0 saturated carbocycles. The minimum absolute atomic E-state index is 0.0294. The van der Waals surface area contributed by atoms with Gasteiger partial charge in [0.15, 0.2) is 0 Å². The van der Waals surface area contributed by atoms with Gasteiger partial charge in [0.2, 0.25) is 0 Å². The molecule has 0 aliphatic carbocycles. The van der Waals surface area contributed by atoms with E-state index in [9.17, 15) is 9.59 Å². The highest BCUT2D eigenvalue weighted by molar-refractivity contribution is 9.10. The number of esters is 1. The number of pyridine rings is 1. The molecule has 3 aromatic rings. The Balaban J connectivity index is 1.53. The molecule has 1 aromatic carbocycles. The first-order valence-corrected chi connectivity index (χ1v) is 9.99. The van der Waals surface area contributed by atoms with Crippen LogP contribution in [-0.4, -0.2) is 21.1 Å². The third-order valence-electron chi connectivity index (χ3n) is 3.44. The number of nitrogens with zero attached hydrogens (tertiary/aromatic N) is 2. The van der Waals surface area contributed by atoms with E-state index in [0.29, 0.717) is 22.1 Å². The van der Waals surface area contributed by atoms with Crippen LogP contribution in [0.2, 0.25) is 5.02 Å². The van der Waals surface area contributed by atoms with Crippen LogP contribution in [-0.2, 0) is 21.9 Å². The lowest BCUT2D eigenvalue weighted by molar-refractivity contribution is -0.141. The summed E-state index contributed by atoms with van der Waals surface area (Å²) in [4.78, 5) is 28.3. The first-order valence-electron chi connectivity index (χ1n) is 7.67. The Kier molecular flexibility index (Phi) is 6.34. The van der Waals surface area contributed by atoms with Crippen LogP contribution in [0.3, 0.4) is 0 Å². The average molecular weight is 454 g/mol. The zero-order valence-electron chi connectivity index (χ0n) is 13.5. The molecule has 26 heavy (non-hydrogen) atoms. The van der Waals surface area contributed by atoms with E-state index in [2.05, 4.69) is 20.9 Å². The molecule has 0 bridgehead atoms. The van der Waals surface area contributed by atoms with Crippen LogP contribution in [0.4, 0.5) is 0 Å². The summed E-state index contributed by atoms with van der Waals surface area (Å²) in [6.45, 7) is -0.0294. The van der Waals surface area contributed by atoms with Crippen LogP contribution < -0.4 is 5.56 Å². The molecule has 2 aromatic heterocycles. The molecule has 0 unspecified atom stereocenters. The minimum Gasteiger partial charge on any atom is -0.459 e. The molecule has 3 rings (SSSR count). The van der Waals surface area contributed by atoms with Crippen molar-refractivity contribution in [3.8, 4) is 0 Å². The molecular formula is C18H14BrClN2O3S. The summed E-state index contributed by atoms with van der Waals surface area (Å²) < 4.78 is 7.42. The predicted octanol–water partition coefficient (Wildman–Crippen LogP) is 4.09. The van der Waals surface area contributed by atoms with Crippen molar-refractivity contribution < 1.29 is 9.53 Å². The Labute approximate surface area is 167 Å². The van der Waals surface area contributed by atoms with Crippen molar-refractivity contribution in [2.75, 3.05) is 5.75 Å². The molecule has 0 spiro atoms. The summed E-state index contributed by atoms with van der Waals surface area (Å²) >= 11 is 10.7. The van der Waals surface area contributed by atoms with Crippen LogP contribution >= 0.6 is 39.3 Å². The number of benzene rings is 1. The number of aromatic nitrogens is 2. The van der Waals surface area contributed by atoms with Crippen molar-refractivity contribution in [2.45, 2.75) is 12.4 Å². The van der Waals surface area contributed by atoms with Crippen LogP contribution in [0.25, 0.3) is 5.65 Å². The van der Waals surface area contributed by atoms with Gasteiger partial charge in [0.25, 0.3) is 5.56 Å². The summed E-state index contributed by atoms with van der Waals surface area (Å²) in [6.07, 6.45) is 1.65. The standard InChI is InChI=1S/C18H14BrClN2O3S/c19-13-4-5-16-21-15(7-17(23)22(16)8-13)9-25-18(24)11-26-10-12-2-1-3-14(20)6-12/h1-8H,9-11H2. The summed E-state index contributed by atoms with van der Waals surface area (Å²) in [5.41, 5.74) is 1.75. The molecule has 8 heteroatoms. The van der Waals surface area contributed by atoms with Gasteiger partial charge >= 0.3 is 5.97 Å². The maximum atomic E-state index is 12.1. The number of hydrogen-bond acceptors (Lipinski definition) is 5. The Hall–Kier alpha value is -1.83. The first-order chi connectivity index (χ1) is 12.5. The number of carbonyl (C=O) groups is 1. The number of halogens is 2. The molecule has 0 atom stereocenters. The fourth-order valence-corrected chi connectivity index (χ4v) is 3.59. The van der Waals surface area contributed by atoms with Gasteiger partial charge in [0, 0.05) is 27.5 Å². The SMILES string of the molecule is O=C(CSCc1cccc(Cl)c1)OCc1cc(=O)n2cc(Br)ccc2n1. The first kappa shape index (κ1) is 18.9. The van der Waals surface area contributed by atoms with Crippen LogP contribution in [0.15, 0.2) is 57.9 Å². The Bertz CT molecular complexity index is 1010. The van der Waals surface area contributed by atoms with Gasteiger partial charge in [-0.05, 0) is 45.8 Å². The second kappa shape index (κ2) is 8.70. The molecule has 5 nitrogen and oxygen atoms in total. The van der Waals surface area contributed by atoms with Crippen LogP contribution in [0, 0.1) is 0 Å². The summed E-state index contributed by atoms with van der Waals surface area (Å²) in [6, 6.07) is 12.4. The van der Waals surface area contributed by atoms with E-state index in [0.717, 1.165) is 10.0 Å². The van der Waals surface area contributed by atoms with E-state index in [-0.39, 0.29) is 23.9 Å². The second-order valence-electron chi connectivity index (χ2n) is 5.44. The number of hydrogen-bond donors (Lipinski definition) is 0. The largest absolute Gasteiger partial charge is 0.459 e. The second-order valence-corrected chi connectivity index (χ2v) is 7.78. The van der Waals surface area contributed by atoms with Gasteiger partial charge in [0.1, 0.15) is 12.3 Å². The minimum atomic E-state index is -0.352. The molecule has 0 radical (unpaired) electrons. The van der Waals surface area contributed by atoms with Crippen molar-refractivity contribution >= 4 is 50.9 Å². The highest BCUT2D eigenvalue weighted by Crippen LogP contribution is 2.17. The van der Waals surface area contributed by atoms with E-state index in [1.807, 2.05) is 24.3 Å². The Morgan fingerprint density at radius 1 is 1.27 bits per heavy atom. The van der Waals surface area contributed by atoms with E-state index >= 15 is 0 Å². The van der Waals surface area contributed by atoms with Crippen LogP contribution in [0.5, 0.6) is 0 Å². The summed E-state index contributed by atoms with van der Waals surface area (Å²) in [5.74, 6) is 0.529. The molecule has 0 N–H and O–H groups in total. The Morgan fingerprint density at radius 3 is 2.92 bits per heavy atom. The van der Waals surface area contributed by atoms with Crippen molar-refractivity contribution in [1.82, 2.24) is 9.38 Å². The monoisotopic (exact) mass is 452 g/mol.